The number of nitrogens with one attached hydrogen (secondary N) is 1. The lowest BCUT2D eigenvalue weighted by Crippen LogP contribution is -2.44. The number of hydrogen-bond acceptors (Lipinski definition) is 1. The molecule has 0 aliphatic heterocycles. The van der Waals surface area contributed by atoms with Gasteiger partial charge in [-0.25, -0.2) is 0 Å². The van der Waals surface area contributed by atoms with E-state index in [9.17, 15) is 0 Å². The van der Waals surface area contributed by atoms with Gasteiger partial charge in [-0.05, 0) is 33.9 Å². The first-order valence-electron chi connectivity index (χ1n) is 4.64. The molecular formula is C10H21N3. The van der Waals surface area contributed by atoms with Crippen LogP contribution in [0.1, 0.15) is 27.7 Å². The third kappa shape index (κ3) is 3.09. The fraction of sp³-hybridized carbons (Fsp3) is 0.700. The molecule has 13 heavy (non-hydrogen) atoms. The van der Waals surface area contributed by atoms with E-state index in [1.165, 1.54) is 0 Å². The van der Waals surface area contributed by atoms with Crippen molar-refractivity contribution in [2.24, 2.45) is 0 Å². The zero-order chi connectivity index (χ0) is 10.6. The normalized spacial score (nSPS) is 10.4. The average molecular weight is 183 g/mol. The predicted octanol–water partition coefficient (Wildman–Crippen LogP) is 2.12. The van der Waals surface area contributed by atoms with Crippen molar-refractivity contribution in [1.29, 1.82) is 5.41 Å². The minimum Gasteiger partial charge on any atom is -0.343 e. The van der Waals surface area contributed by atoms with Gasteiger partial charge in [0.25, 0.3) is 0 Å². The summed E-state index contributed by atoms with van der Waals surface area (Å²) in [5.41, 5.74) is 0. The number of hydrogen-bond donors (Lipinski definition) is 1. The first-order valence-corrected chi connectivity index (χ1v) is 4.64. The molecule has 0 fully saturated rings. The third-order valence-electron chi connectivity index (χ3n) is 2.11. The van der Waals surface area contributed by atoms with Crippen LogP contribution < -0.4 is 0 Å². The highest BCUT2D eigenvalue weighted by molar-refractivity contribution is 5.78. The van der Waals surface area contributed by atoms with Gasteiger partial charge < -0.3 is 9.80 Å². The molecule has 0 aliphatic rings. The minimum absolute atomic E-state index is 0.284. The fourth-order valence-electron chi connectivity index (χ4n) is 0.969. The minimum atomic E-state index is 0.284. The van der Waals surface area contributed by atoms with Gasteiger partial charge in [-0.15, -0.1) is 0 Å². The first kappa shape index (κ1) is 12.0. The maximum Gasteiger partial charge on any atom is 0.198 e. The van der Waals surface area contributed by atoms with E-state index in [4.69, 9.17) is 5.41 Å². The summed E-state index contributed by atoms with van der Waals surface area (Å²) in [6.45, 7) is 11.9. The molecular weight excluding hydrogens is 162 g/mol. The van der Waals surface area contributed by atoms with Gasteiger partial charge in [0.2, 0.25) is 0 Å². The summed E-state index contributed by atoms with van der Waals surface area (Å²) in [6.07, 6.45) is 1.70. The molecule has 0 atom stereocenters. The van der Waals surface area contributed by atoms with Gasteiger partial charge in [-0.1, -0.05) is 6.58 Å². The molecule has 0 amide bonds. The van der Waals surface area contributed by atoms with Crippen LogP contribution in [0.2, 0.25) is 0 Å². The fourth-order valence-corrected chi connectivity index (χ4v) is 0.969. The molecule has 3 nitrogen and oxygen atoms in total. The standard InChI is InChI=1S/C10H21N3/c1-7-13(9(4)5)10(11)12(6)8(2)3/h7-9,11H,1H2,2-6H3. The Labute approximate surface area is 81.5 Å². The smallest absolute Gasteiger partial charge is 0.198 e. The first-order chi connectivity index (χ1) is 5.91. The Hall–Kier alpha value is -0.990. The molecule has 1 N–H and O–H groups in total. The summed E-state index contributed by atoms with van der Waals surface area (Å²) in [6, 6.07) is 0.625. The molecule has 0 saturated carbocycles. The number of guanidine groups is 1. The largest absolute Gasteiger partial charge is 0.343 e. The Morgan fingerprint density at radius 1 is 1.23 bits per heavy atom. The molecule has 0 spiro atoms. The zero-order valence-electron chi connectivity index (χ0n) is 9.33. The molecule has 0 aromatic heterocycles. The van der Waals surface area contributed by atoms with E-state index in [0.29, 0.717) is 12.0 Å². The summed E-state index contributed by atoms with van der Waals surface area (Å²) in [5, 5.41) is 7.89. The second kappa shape index (κ2) is 4.90. The Morgan fingerprint density at radius 3 is 1.92 bits per heavy atom. The second-order valence-corrected chi connectivity index (χ2v) is 3.71. The lowest BCUT2D eigenvalue weighted by molar-refractivity contribution is 0.329. The Kier molecular flexibility index (Phi) is 4.52. The van der Waals surface area contributed by atoms with Crippen LogP contribution in [-0.4, -0.2) is 34.9 Å². The zero-order valence-corrected chi connectivity index (χ0v) is 9.33. The summed E-state index contributed by atoms with van der Waals surface area (Å²) in [5.74, 6) is 0.500. The van der Waals surface area contributed by atoms with Gasteiger partial charge in [0.1, 0.15) is 0 Å². The second-order valence-electron chi connectivity index (χ2n) is 3.71. The van der Waals surface area contributed by atoms with Crippen LogP contribution in [0.3, 0.4) is 0 Å². The average Bonchev–Trinajstić information content (AvgIpc) is 2.03. The van der Waals surface area contributed by atoms with Crippen LogP contribution in [0.4, 0.5) is 0 Å². The number of nitrogens with zero attached hydrogens (tertiary/aromatic N) is 2. The Bertz CT molecular complexity index is 185. The van der Waals surface area contributed by atoms with Crippen LogP contribution in [-0.2, 0) is 0 Å². The van der Waals surface area contributed by atoms with Crippen LogP contribution in [0.5, 0.6) is 0 Å². The molecule has 0 saturated heterocycles. The SMILES string of the molecule is C=CN(C(=N)N(C)C(C)C)C(C)C. The van der Waals surface area contributed by atoms with E-state index in [2.05, 4.69) is 20.4 Å². The lowest BCUT2D eigenvalue weighted by atomic mass is 10.3. The molecule has 0 aliphatic carbocycles. The quantitative estimate of drug-likeness (QED) is 0.536. The van der Waals surface area contributed by atoms with Crippen molar-refractivity contribution in [2.45, 2.75) is 39.8 Å². The van der Waals surface area contributed by atoms with E-state index in [0.717, 1.165) is 0 Å². The highest BCUT2D eigenvalue weighted by Crippen LogP contribution is 2.04. The Morgan fingerprint density at radius 2 is 1.69 bits per heavy atom. The predicted molar refractivity (Wildman–Crippen MR) is 57.8 cm³/mol. The molecule has 0 aromatic rings. The molecule has 76 valence electrons. The topological polar surface area (TPSA) is 30.3 Å². The monoisotopic (exact) mass is 183 g/mol. The molecule has 0 rings (SSSR count). The molecule has 0 unspecified atom stereocenters. The van der Waals surface area contributed by atoms with E-state index in [1.54, 1.807) is 6.20 Å². The van der Waals surface area contributed by atoms with Gasteiger partial charge in [-0.3, -0.25) is 5.41 Å². The van der Waals surface area contributed by atoms with Crippen molar-refractivity contribution >= 4 is 5.96 Å². The highest BCUT2D eigenvalue weighted by atomic mass is 15.4. The van der Waals surface area contributed by atoms with Crippen LogP contribution >= 0.6 is 0 Å². The van der Waals surface area contributed by atoms with Crippen molar-refractivity contribution in [3.8, 4) is 0 Å². The molecule has 0 bridgehead atoms. The van der Waals surface area contributed by atoms with Gasteiger partial charge in [-0.2, -0.15) is 0 Å². The van der Waals surface area contributed by atoms with E-state index >= 15 is 0 Å². The van der Waals surface area contributed by atoms with Crippen LogP contribution in [0.25, 0.3) is 0 Å². The number of rotatable bonds is 3. The summed E-state index contributed by atoms with van der Waals surface area (Å²) < 4.78 is 0. The molecule has 0 heterocycles. The van der Waals surface area contributed by atoms with Gasteiger partial charge in [0.15, 0.2) is 5.96 Å². The highest BCUT2D eigenvalue weighted by Gasteiger charge is 2.15. The maximum atomic E-state index is 7.89. The summed E-state index contributed by atoms with van der Waals surface area (Å²) in [4.78, 5) is 3.77. The lowest BCUT2D eigenvalue weighted by Gasteiger charge is -2.33. The third-order valence-corrected chi connectivity index (χ3v) is 2.11. The van der Waals surface area contributed by atoms with Gasteiger partial charge >= 0.3 is 0 Å². The van der Waals surface area contributed by atoms with E-state index < -0.39 is 0 Å². The van der Waals surface area contributed by atoms with Crippen molar-refractivity contribution in [1.82, 2.24) is 9.80 Å². The summed E-state index contributed by atoms with van der Waals surface area (Å²) >= 11 is 0. The van der Waals surface area contributed by atoms with Gasteiger partial charge in [0, 0.05) is 19.1 Å². The maximum absolute atomic E-state index is 7.89. The molecule has 0 aromatic carbocycles. The van der Waals surface area contributed by atoms with E-state index in [-0.39, 0.29) is 6.04 Å². The van der Waals surface area contributed by atoms with Gasteiger partial charge in [0.05, 0.1) is 0 Å². The Balaban J connectivity index is 4.46. The van der Waals surface area contributed by atoms with Crippen molar-refractivity contribution < 1.29 is 0 Å². The van der Waals surface area contributed by atoms with Crippen molar-refractivity contribution in [2.75, 3.05) is 7.05 Å². The van der Waals surface area contributed by atoms with E-state index in [1.807, 2.05) is 30.7 Å². The summed E-state index contributed by atoms with van der Waals surface area (Å²) in [7, 11) is 1.92. The van der Waals surface area contributed by atoms with Crippen LogP contribution in [0, 0.1) is 5.41 Å². The molecule has 3 heteroatoms. The van der Waals surface area contributed by atoms with Crippen molar-refractivity contribution in [3.05, 3.63) is 12.8 Å². The molecule has 0 radical (unpaired) electrons. The van der Waals surface area contributed by atoms with Crippen LogP contribution in [0.15, 0.2) is 12.8 Å². The van der Waals surface area contributed by atoms with Crippen molar-refractivity contribution in [3.63, 3.8) is 0 Å².